The van der Waals surface area contributed by atoms with Crippen LogP contribution in [0.5, 0.6) is 0 Å². The SMILES string of the molecule is O=C(CCC1CCCC1)N(CC1CCNCC1)C1CC1. The lowest BCUT2D eigenvalue weighted by molar-refractivity contribution is -0.132. The highest BCUT2D eigenvalue weighted by Gasteiger charge is 2.34. The van der Waals surface area contributed by atoms with Gasteiger partial charge in [-0.25, -0.2) is 0 Å². The Morgan fingerprint density at radius 2 is 1.65 bits per heavy atom. The summed E-state index contributed by atoms with van der Waals surface area (Å²) in [7, 11) is 0. The molecule has 0 unspecified atom stereocenters. The number of carbonyl (C=O) groups excluding carboxylic acids is 1. The molecule has 3 nitrogen and oxygen atoms in total. The van der Waals surface area contributed by atoms with Gasteiger partial charge in [-0.05, 0) is 57.0 Å². The van der Waals surface area contributed by atoms with E-state index < -0.39 is 0 Å². The van der Waals surface area contributed by atoms with Crippen LogP contribution in [0.4, 0.5) is 0 Å². The molecular weight excluding hydrogens is 248 g/mol. The Morgan fingerprint density at radius 3 is 2.30 bits per heavy atom. The van der Waals surface area contributed by atoms with Crippen LogP contribution in [0.15, 0.2) is 0 Å². The van der Waals surface area contributed by atoms with Crippen LogP contribution < -0.4 is 5.32 Å². The minimum atomic E-state index is 0.456. The van der Waals surface area contributed by atoms with Crippen molar-refractivity contribution in [3.63, 3.8) is 0 Å². The monoisotopic (exact) mass is 278 g/mol. The van der Waals surface area contributed by atoms with E-state index in [1.807, 2.05) is 0 Å². The van der Waals surface area contributed by atoms with Crippen molar-refractivity contribution in [3.05, 3.63) is 0 Å². The first-order valence-corrected chi connectivity index (χ1v) is 8.83. The van der Waals surface area contributed by atoms with Gasteiger partial charge in [0.2, 0.25) is 5.91 Å². The molecule has 114 valence electrons. The largest absolute Gasteiger partial charge is 0.339 e. The summed E-state index contributed by atoms with van der Waals surface area (Å²) in [5.74, 6) is 2.05. The Kier molecular flexibility index (Phi) is 4.98. The van der Waals surface area contributed by atoms with Crippen molar-refractivity contribution in [1.29, 1.82) is 0 Å². The zero-order chi connectivity index (χ0) is 13.8. The highest BCUT2D eigenvalue weighted by Crippen LogP contribution is 2.32. The highest BCUT2D eigenvalue weighted by atomic mass is 16.2. The van der Waals surface area contributed by atoms with E-state index in [1.54, 1.807) is 0 Å². The molecule has 0 spiro atoms. The molecule has 3 fully saturated rings. The van der Waals surface area contributed by atoms with E-state index in [4.69, 9.17) is 0 Å². The summed E-state index contributed by atoms with van der Waals surface area (Å²) in [4.78, 5) is 14.8. The van der Waals surface area contributed by atoms with Gasteiger partial charge < -0.3 is 10.2 Å². The maximum Gasteiger partial charge on any atom is 0.222 e. The van der Waals surface area contributed by atoms with E-state index in [9.17, 15) is 4.79 Å². The Bertz CT molecular complexity index is 315. The third-order valence-electron chi connectivity index (χ3n) is 5.46. The van der Waals surface area contributed by atoms with Crippen molar-refractivity contribution >= 4 is 5.91 Å². The molecule has 0 bridgehead atoms. The standard InChI is InChI=1S/C17H30N2O/c20-17(8-5-14-3-1-2-4-14)19(16-6-7-16)13-15-9-11-18-12-10-15/h14-16,18H,1-13H2. The number of hydrogen-bond donors (Lipinski definition) is 1. The van der Waals surface area contributed by atoms with Crippen molar-refractivity contribution in [2.75, 3.05) is 19.6 Å². The fourth-order valence-corrected chi connectivity index (χ4v) is 3.95. The van der Waals surface area contributed by atoms with Gasteiger partial charge in [0.05, 0.1) is 0 Å². The van der Waals surface area contributed by atoms with Crippen LogP contribution in [0.1, 0.15) is 64.2 Å². The number of hydrogen-bond acceptors (Lipinski definition) is 2. The number of rotatable bonds is 6. The van der Waals surface area contributed by atoms with Crippen molar-refractivity contribution in [2.45, 2.75) is 70.3 Å². The summed E-state index contributed by atoms with van der Waals surface area (Å²) in [5.41, 5.74) is 0. The summed E-state index contributed by atoms with van der Waals surface area (Å²) in [6.45, 7) is 3.31. The second kappa shape index (κ2) is 6.93. The van der Waals surface area contributed by atoms with E-state index in [2.05, 4.69) is 10.2 Å². The third kappa shape index (κ3) is 3.97. The normalized spacial score (nSPS) is 25.0. The highest BCUT2D eigenvalue weighted by molar-refractivity contribution is 5.76. The number of piperidine rings is 1. The summed E-state index contributed by atoms with van der Waals surface area (Å²) in [6, 6.07) is 0.598. The molecule has 3 heteroatoms. The minimum Gasteiger partial charge on any atom is -0.339 e. The van der Waals surface area contributed by atoms with E-state index in [0.717, 1.165) is 44.3 Å². The van der Waals surface area contributed by atoms with Crippen LogP contribution in [-0.4, -0.2) is 36.5 Å². The summed E-state index contributed by atoms with van der Waals surface area (Å²) < 4.78 is 0. The topological polar surface area (TPSA) is 32.3 Å². The van der Waals surface area contributed by atoms with Crippen LogP contribution in [0, 0.1) is 11.8 Å². The summed E-state index contributed by atoms with van der Waals surface area (Å²) in [6.07, 6.45) is 12.5. The second-order valence-electron chi connectivity index (χ2n) is 7.16. The molecule has 3 aliphatic rings. The smallest absolute Gasteiger partial charge is 0.222 e. The first-order chi connectivity index (χ1) is 9.83. The fraction of sp³-hybridized carbons (Fsp3) is 0.941. The molecule has 20 heavy (non-hydrogen) atoms. The molecule has 0 aromatic rings. The van der Waals surface area contributed by atoms with Crippen LogP contribution in [-0.2, 0) is 4.79 Å². The van der Waals surface area contributed by atoms with Gasteiger partial charge in [0.1, 0.15) is 0 Å². The number of nitrogens with zero attached hydrogens (tertiary/aromatic N) is 1. The van der Waals surface area contributed by atoms with E-state index >= 15 is 0 Å². The summed E-state index contributed by atoms with van der Waals surface area (Å²) >= 11 is 0. The lowest BCUT2D eigenvalue weighted by Gasteiger charge is -2.30. The zero-order valence-corrected chi connectivity index (χ0v) is 12.8. The lowest BCUT2D eigenvalue weighted by Crippen LogP contribution is -2.40. The molecule has 0 atom stereocenters. The Labute approximate surface area is 123 Å². The fourth-order valence-electron chi connectivity index (χ4n) is 3.95. The van der Waals surface area contributed by atoms with Crippen LogP contribution in [0.2, 0.25) is 0 Å². The van der Waals surface area contributed by atoms with E-state index in [-0.39, 0.29) is 0 Å². The average molecular weight is 278 g/mol. The van der Waals surface area contributed by atoms with Crippen molar-refractivity contribution in [2.24, 2.45) is 11.8 Å². The number of carbonyl (C=O) groups is 1. The predicted molar refractivity (Wildman–Crippen MR) is 81.5 cm³/mol. The van der Waals surface area contributed by atoms with Crippen molar-refractivity contribution in [3.8, 4) is 0 Å². The summed E-state index contributed by atoms with van der Waals surface area (Å²) in [5, 5.41) is 3.42. The Hall–Kier alpha value is -0.570. The number of amides is 1. The molecular formula is C17H30N2O. The first kappa shape index (κ1) is 14.4. The predicted octanol–water partition coefficient (Wildman–Crippen LogP) is 2.95. The average Bonchev–Trinajstić information content (AvgIpc) is 3.19. The molecule has 2 aliphatic carbocycles. The van der Waals surface area contributed by atoms with Gasteiger partial charge in [-0.1, -0.05) is 25.7 Å². The molecule has 1 amide bonds. The molecule has 1 aliphatic heterocycles. The molecule has 1 heterocycles. The molecule has 0 radical (unpaired) electrons. The maximum absolute atomic E-state index is 12.6. The molecule has 0 aromatic heterocycles. The minimum absolute atomic E-state index is 0.456. The van der Waals surface area contributed by atoms with Gasteiger partial charge in [-0.15, -0.1) is 0 Å². The van der Waals surface area contributed by atoms with Crippen molar-refractivity contribution < 1.29 is 4.79 Å². The molecule has 1 N–H and O–H groups in total. The Balaban J connectivity index is 1.46. The van der Waals surface area contributed by atoms with Gasteiger partial charge >= 0.3 is 0 Å². The maximum atomic E-state index is 12.6. The number of nitrogens with one attached hydrogen (secondary N) is 1. The van der Waals surface area contributed by atoms with Gasteiger partial charge in [0, 0.05) is 19.0 Å². The molecule has 0 aromatic carbocycles. The van der Waals surface area contributed by atoms with Crippen LogP contribution >= 0.6 is 0 Å². The first-order valence-electron chi connectivity index (χ1n) is 8.83. The van der Waals surface area contributed by atoms with Crippen molar-refractivity contribution in [1.82, 2.24) is 10.2 Å². The lowest BCUT2D eigenvalue weighted by atomic mass is 9.96. The molecule has 3 rings (SSSR count). The van der Waals surface area contributed by atoms with Crippen LogP contribution in [0.25, 0.3) is 0 Å². The van der Waals surface area contributed by atoms with Gasteiger partial charge in [-0.2, -0.15) is 0 Å². The Morgan fingerprint density at radius 1 is 0.950 bits per heavy atom. The quantitative estimate of drug-likeness (QED) is 0.810. The van der Waals surface area contributed by atoms with Gasteiger partial charge in [-0.3, -0.25) is 4.79 Å². The molecule has 1 saturated heterocycles. The van der Waals surface area contributed by atoms with E-state index in [0.29, 0.717) is 11.9 Å². The van der Waals surface area contributed by atoms with Gasteiger partial charge in [0.25, 0.3) is 0 Å². The second-order valence-corrected chi connectivity index (χ2v) is 7.16. The zero-order valence-electron chi connectivity index (χ0n) is 12.8. The van der Waals surface area contributed by atoms with E-state index in [1.165, 1.54) is 51.4 Å². The molecule has 2 saturated carbocycles. The van der Waals surface area contributed by atoms with Crippen LogP contribution in [0.3, 0.4) is 0 Å². The van der Waals surface area contributed by atoms with Gasteiger partial charge in [0.15, 0.2) is 0 Å². The third-order valence-corrected chi connectivity index (χ3v) is 5.46.